The average molecular weight is 849 g/mol. The van der Waals surface area contributed by atoms with Gasteiger partial charge in [-0.15, -0.1) is 0 Å². The molecule has 0 heteroatoms. The van der Waals surface area contributed by atoms with E-state index >= 15 is 0 Å². The van der Waals surface area contributed by atoms with Gasteiger partial charge < -0.3 is 0 Å². The minimum absolute atomic E-state index is 0.210. The third kappa shape index (κ3) is 5.03. The van der Waals surface area contributed by atoms with Crippen LogP contribution in [-0.2, 0) is 5.41 Å². The second kappa shape index (κ2) is 13.5. The van der Waals surface area contributed by atoms with Crippen LogP contribution in [0.3, 0.4) is 0 Å². The first-order chi connectivity index (χ1) is 33.0. The molecule has 11 aromatic carbocycles. The van der Waals surface area contributed by atoms with Crippen molar-refractivity contribution in [3.05, 3.63) is 235 Å². The van der Waals surface area contributed by atoms with Crippen molar-refractivity contribution in [1.29, 1.82) is 0 Å². The Balaban J connectivity index is 1.000. The summed E-state index contributed by atoms with van der Waals surface area (Å²) in [5, 5.41) is 10.5. The fourth-order valence-electron chi connectivity index (χ4n) is 13.0. The molecule has 0 bridgehead atoms. The van der Waals surface area contributed by atoms with Gasteiger partial charge in [0.1, 0.15) is 0 Å². The molecule has 1 atom stereocenters. The van der Waals surface area contributed by atoms with E-state index in [1.54, 1.807) is 0 Å². The maximum absolute atomic E-state index is 2.61. The van der Waals surface area contributed by atoms with Crippen molar-refractivity contribution in [3.63, 3.8) is 0 Å². The summed E-state index contributed by atoms with van der Waals surface area (Å²) in [6, 6.07) is 74.0. The largest absolute Gasteiger partial charge is 0.0761 e. The van der Waals surface area contributed by atoms with Gasteiger partial charge in [-0.3, -0.25) is 0 Å². The lowest BCUT2D eigenvalue weighted by molar-refractivity contribution is 0.659. The van der Waals surface area contributed by atoms with Crippen molar-refractivity contribution in [1.82, 2.24) is 0 Å². The minimum atomic E-state index is -0.210. The molecule has 11 aromatic rings. The van der Waals surface area contributed by atoms with Gasteiger partial charge in [-0.05, 0) is 167 Å². The number of hydrogen-bond donors (Lipinski definition) is 0. The molecule has 1 unspecified atom stereocenters. The van der Waals surface area contributed by atoms with Crippen LogP contribution in [0.4, 0.5) is 0 Å². The number of rotatable bonds is 4. The van der Waals surface area contributed by atoms with Gasteiger partial charge in [0.25, 0.3) is 0 Å². The lowest BCUT2D eigenvalue weighted by Crippen LogP contribution is -2.15. The van der Waals surface area contributed by atoms with Crippen LogP contribution < -0.4 is 0 Å². The van der Waals surface area contributed by atoms with Crippen molar-refractivity contribution in [2.45, 2.75) is 31.6 Å². The molecular formula is C67H44. The van der Waals surface area contributed by atoms with Crippen LogP contribution in [0.25, 0.3) is 127 Å². The summed E-state index contributed by atoms with van der Waals surface area (Å²) in [6.07, 6.45) is 8.17. The quantitative estimate of drug-likeness (QED) is 0.155. The lowest BCUT2D eigenvalue weighted by atomic mass is 9.78. The molecule has 0 radical (unpaired) electrons. The maximum Gasteiger partial charge on any atom is 0.0159 e. The predicted molar refractivity (Wildman–Crippen MR) is 285 cm³/mol. The molecule has 67 heavy (non-hydrogen) atoms. The highest BCUT2D eigenvalue weighted by Gasteiger charge is 2.38. The molecule has 0 fully saturated rings. The van der Waals surface area contributed by atoms with E-state index in [1.807, 2.05) is 0 Å². The zero-order chi connectivity index (χ0) is 44.1. The normalized spacial score (nSPS) is 15.6. The third-order valence-electron chi connectivity index (χ3n) is 16.1. The van der Waals surface area contributed by atoms with Crippen LogP contribution in [0.15, 0.2) is 212 Å². The Hall–Kier alpha value is -8.06. The fourth-order valence-corrected chi connectivity index (χ4v) is 13.0. The first kappa shape index (κ1) is 37.2. The van der Waals surface area contributed by atoms with Crippen LogP contribution in [0.2, 0.25) is 0 Å². The standard InChI is InChI=1S/C67H44/c1-67(2)61-36-42(41-28-26-40(27-29-41)39-14-4-3-5-15-39)30-31-47(61)58-37-59-60(38-62(58)67)66(57-35-33-55-46-19-9-7-17-44(46)49-23-13-25-53(57)64(49)55)51-21-11-10-20-50(51)65(59)56-34-32-54-45-18-8-6-16-43(45)48-22-12-24-52(56)63(48)54/h3-28,30-38,41H,29H2,1-2H3. The molecule has 0 N–H and O–H groups in total. The predicted octanol–water partition coefficient (Wildman–Crippen LogP) is 18.4. The van der Waals surface area contributed by atoms with Crippen LogP contribution in [-0.4, -0.2) is 0 Å². The Kier molecular flexibility index (Phi) is 7.50. The average Bonchev–Trinajstić information content (AvgIpc) is 3.97. The first-order valence-electron chi connectivity index (χ1n) is 23.9. The summed E-state index contributed by atoms with van der Waals surface area (Å²) in [5.74, 6) is 0.338. The van der Waals surface area contributed by atoms with E-state index in [4.69, 9.17) is 0 Å². The van der Waals surface area contributed by atoms with Gasteiger partial charge in [0.05, 0.1) is 0 Å². The SMILES string of the molecule is CC1(C)c2cc(C3C=CC(c4ccccc4)=CC3)ccc2-c2cc3c(-c4ccc5c6c(cccc46)-c4ccccc4-5)c4ccccc4c(-c4ccc5c6c(cccc46)-c4ccccc4-5)c3cc21. The second-order valence-corrected chi connectivity index (χ2v) is 19.8. The molecule has 0 saturated heterocycles. The zero-order valence-corrected chi connectivity index (χ0v) is 37.5. The Morgan fingerprint density at radius 2 is 0.821 bits per heavy atom. The van der Waals surface area contributed by atoms with E-state index < -0.39 is 0 Å². The molecule has 312 valence electrons. The highest BCUT2D eigenvalue weighted by Crippen LogP contribution is 2.57. The molecule has 4 aliphatic carbocycles. The van der Waals surface area contributed by atoms with E-state index in [9.17, 15) is 0 Å². The summed E-state index contributed by atoms with van der Waals surface area (Å²) in [6.45, 7) is 4.91. The zero-order valence-electron chi connectivity index (χ0n) is 37.5. The van der Waals surface area contributed by atoms with E-state index in [-0.39, 0.29) is 5.41 Å². The van der Waals surface area contributed by atoms with Crippen molar-refractivity contribution < 1.29 is 0 Å². The topological polar surface area (TPSA) is 0 Å². The molecule has 15 rings (SSSR count). The van der Waals surface area contributed by atoms with E-state index in [2.05, 4.69) is 226 Å². The Morgan fingerprint density at radius 1 is 0.358 bits per heavy atom. The van der Waals surface area contributed by atoms with Gasteiger partial charge in [0.15, 0.2) is 0 Å². The first-order valence-corrected chi connectivity index (χ1v) is 23.9. The van der Waals surface area contributed by atoms with Gasteiger partial charge in [0, 0.05) is 11.3 Å². The molecule has 0 nitrogen and oxygen atoms in total. The Bertz CT molecular complexity index is 4020. The minimum Gasteiger partial charge on any atom is -0.0761 e. The summed E-state index contributed by atoms with van der Waals surface area (Å²) in [4.78, 5) is 0. The number of fused-ring (bicyclic) bond motifs is 11. The molecule has 0 spiro atoms. The summed E-state index contributed by atoms with van der Waals surface area (Å²) >= 11 is 0. The number of allylic oxidation sites excluding steroid dienone is 4. The smallest absolute Gasteiger partial charge is 0.0159 e. The molecule has 4 aliphatic rings. The second-order valence-electron chi connectivity index (χ2n) is 19.8. The maximum atomic E-state index is 2.61. The van der Waals surface area contributed by atoms with Crippen molar-refractivity contribution in [2.24, 2.45) is 0 Å². The van der Waals surface area contributed by atoms with E-state index in [1.165, 1.54) is 149 Å². The summed E-state index contributed by atoms with van der Waals surface area (Å²) in [5.41, 5.74) is 25.1. The monoisotopic (exact) mass is 848 g/mol. The van der Waals surface area contributed by atoms with Gasteiger partial charge in [-0.25, -0.2) is 0 Å². The fraction of sp³-hybridized carbons (Fsp3) is 0.0746. The molecule has 0 saturated carbocycles. The van der Waals surface area contributed by atoms with Crippen molar-refractivity contribution in [2.75, 3.05) is 0 Å². The van der Waals surface area contributed by atoms with Gasteiger partial charge in [0.2, 0.25) is 0 Å². The highest BCUT2D eigenvalue weighted by molar-refractivity contribution is 6.29. The molecule has 0 aliphatic heterocycles. The molecule has 0 heterocycles. The third-order valence-corrected chi connectivity index (χ3v) is 16.1. The van der Waals surface area contributed by atoms with Crippen LogP contribution in [0, 0.1) is 0 Å². The van der Waals surface area contributed by atoms with Crippen LogP contribution in [0.1, 0.15) is 48.4 Å². The van der Waals surface area contributed by atoms with Crippen LogP contribution >= 0.6 is 0 Å². The molecule has 0 amide bonds. The summed E-state index contributed by atoms with van der Waals surface area (Å²) in [7, 11) is 0. The highest BCUT2D eigenvalue weighted by atomic mass is 14.4. The Morgan fingerprint density at radius 3 is 1.39 bits per heavy atom. The van der Waals surface area contributed by atoms with Crippen molar-refractivity contribution >= 4 is 48.7 Å². The molecular weight excluding hydrogens is 805 g/mol. The molecule has 0 aromatic heterocycles. The number of hydrogen-bond acceptors (Lipinski definition) is 0. The van der Waals surface area contributed by atoms with Gasteiger partial charge in [-0.2, -0.15) is 0 Å². The van der Waals surface area contributed by atoms with E-state index in [0.29, 0.717) is 5.92 Å². The Labute approximate surface area is 390 Å². The van der Waals surface area contributed by atoms with Gasteiger partial charge >= 0.3 is 0 Å². The van der Waals surface area contributed by atoms with E-state index in [0.717, 1.165) is 6.42 Å². The van der Waals surface area contributed by atoms with Crippen molar-refractivity contribution in [3.8, 4) is 77.9 Å². The van der Waals surface area contributed by atoms with Crippen LogP contribution in [0.5, 0.6) is 0 Å². The summed E-state index contributed by atoms with van der Waals surface area (Å²) < 4.78 is 0. The lowest BCUT2D eigenvalue weighted by Gasteiger charge is -2.25. The number of benzene rings is 11. The van der Waals surface area contributed by atoms with Gasteiger partial charge in [-0.1, -0.05) is 214 Å².